The van der Waals surface area contributed by atoms with E-state index >= 15 is 0 Å². The average molecular weight is 731 g/mol. The Balaban J connectivity index is 1.85. The zero-order valence-electron chi connectivity index (χ0n) is 23.5. The molecular weight excluding hydrogens is 711 g/mol. The number of fused-ring (bicyclic) bond motifs is 1. The number of aryl methyl sites for hydroxylation is 1. The van der Waals surface area contributed by atoms with E-state index in [9.17, 15) is 57.0 Å². The third-order valence-electron chi connectivity index (χ3n) is 6.23. The quantitative estimate of drug-likeness (QED) is 0.116. The fraction of sp³-hybridized carbons (Fsp3) is 0.0833. The van der Waals surface area contributed by atoms with Gasteiger partial charge in [-0.2, -0.15) is 38.8 Å². The zero-order chi connectivity index (χ0) is 35.3. The van der Waals surface area contributed by atoms with Crippen LogP contribution in [0.25, 0.3) is 10.8 Å². The summed E-state index contributed by atoms with van der Waals surface area (Å²) in [4.78, 5) is -3.41. The van der Waals surface area contributed by atoms with Crippen LogP contribution >= 0.6 is 0 Å². The van der Waals surface area contributed by atoms with E-state index in [4.69, 9.17) is 10.5 Å². The predicted molar refractivity (Wildman–Crippen MR) is 160 cm³/mol. The number of azo groups is 2. The lowest BCUT2D eigenvalue weighted by Gasteiger charge is -2.12. The monoisotopic (exact) mass is 730 g/mol. The third-order valence-corrected chi connectivity index (χ3v) is 9.68. The lowest BCUT2D eigenvalue weighted by molar-refractivity contribution is 0.416. The Bertz CT molecular complexity index is 2480. The van der Waals surface area contributed by atoms with Gasteiger partial charge in [0.15, 0.2) is 5.75 Å². The molecule has 4 aromatic rings. The van der Waals surface area contributed by atoms with Gasteiger partial charge >= 0.3 is 0 Å². The van der Waals surface area contributed by atoms with Crippen LogP contribution in [0.5, 0.6) is 11.5 Å². The van der Waals surface area contributed by atoms with Crippen molar-refractivity contribution in [3.8, 4) is 11.5 Å². The summed E-state index contributed by atoms with van der Waals surface area (Å²) >= 11 is 0. The molecule has 6 N–H and O–H groups in total. The second-order valence-electron chi connectivity index (χ2n) is 9.38. The molecule has 0 aliphatic heterocycles. The van der Waals surface area contributed by atoms with E-state index in [1.807, 2.05) is 0 Å². The number of phenols is 1. The summed E-state index contributed by atoms with van der Waals surface area (Å²) in [5, 5.41) is 25.2. The van der Waals surface area contributed by atoms with Gasteiger partial charge in [0.1, 0.15) is 32.6 Å². The number of benzene rings is 4. The summed E-state index contributed by atoms with van der Waals surface area (Å²) < 4.78 is 137. The van der Waals surface area contributed by atoms with E-state index in [-0.39, 0.29) is 28.1 Å². The summed E-state index contributed by atoms with van der Waals surface area (Å²) in [5.41, 5.74) is 6.00. The van der Waals surface area contributed by atoms with Gasteiger partial charge in [-0.15, -0.1) is 15.3 Å². The normalized spacial score (nSPS) is 13.1. The van der Waals surface area contributed by atoms with E-state index in [1.54, 1.807) is 0 Å². The maximum atomic E-state index is 12.2. The number of aromatic hydroxyl groups is 1. The highest BCUT2D eigenvalue weighted by atomic mass is 32.2. The number of phenolic OH excluding ortho intramolecular Hbond substituents is 1. The van der Waals surface area contributed by atoms with Crippen LogP contribution in [0.4, 0.5) is 28.4 Å². The van der Waals surface area contributed by atoms with Crippen molar-refractivity contribution in [3.05, 3.63) is 54.1 Å². The first kappa shape index (κ1) is 35.2. The molecule has 0 amide bonds. The minimum Gasteiger partial charge on any atom is -0.505 e. The molecule has 47 heavy (non-hydrogen) atoms. The molecule has 0 saturated heterocycles. The standard InChI is InChI=1S/C24H20N5O14S4/c1-11-5-17(19(43-2)10-16(11)26-28-18-9-13(44(31,32)33)3-4-20(18)46(37,38)39)27-29-23-21(47(40,41)42)7-12-6-14(45(34,35)36)8-15(25)22(12)24(23)30/h3-10,25,30H,1-2H3,(H,31,32,33)(H,34,35,36)(H,37,38,39)(H,40,41,42)/b28-26+,29-27+. The van der Waals surface area contributed by atoms with Crippen molar-refractivity contribution in [2.75, 3.05) is 7.11 Å². The van der Waals surface area contributed by atoms with E-state index in [2.05, 4.69) is 20.5 Å². The first-order valence-electron chi connectivity index (χ1n) is 12.1. The number of hydrogen-bond acceptors (Lipinski definition) is 14. The molecule has 0 unspecified atom stereocenters. The molecule has 0 aromatic heterocycles. The number of hydrogen-bond donors (Lipinski definition) is 5. The molecule has 249 valence electrons. The Labute approximate surface area is 266 Å². The van der Waals surface area contributed by atoms with E-state index in [0.717, 1.165) is 6.07 Å². The minimum atomic E-state index is -5.16. The van der Waals surface area contributed by atoms with Crippen molar-refractivity contribution < 1.29 is 61.7 Å². The maximum absolute atomic E-state index is 12.2. The van der Waals surface area contributed by atoms with Crippen molar-refractivity contribution >= 4 is 79.7 Å². The first-order valence-corrected chi connectivity index (χ1v) is 17.9. The predicted octanol–water partition coefficient (Wildman–Crippen LogP) is 4.59. The number of nitrogens with one attached hydrogen (secondary N) is 1. The Morgan fingerprint density at radius 3 is 1.77 bits per heavy atom. The van der Waals surface area contributed by atoms with Crippen LogP contribution in [0.1, 0.15) is 5.56 Å². The molecule has 0 atom stereocenters. The van der Waals surface area contributed by atoms with Crippen LogP contribution in [0.3, 0.4) is 0 Å². The van der Waals surface area contributed by atoms with Crippen molar-refractivity contribution in [2.45, 2.75) is 26.5 Å². The summed E-state index contributed by atoms with van der Waals surface area (Å²) in [6.07, 6.45) is 0. The Hall–Kier alpha value is -4.62. The summed E-state index contributed by atoms with van der Waals surface area (Å²) in [5.74, 6) is -1.11. The number of nitrogens with zero attached hydrogens (tertiary/aromatic N) is 4. The molecule has 4 aromatic carbocycles. The van der Waals surface area contributed by atoms with E-state index in [0.29, 0.717) is 30.3 Å². The first-order chi connectivity index (χ1) is 21.5. The minimum absolute atomic E-state index is 0.0278. The van der Waals surface area contributed by atoms with Crippen molar-refractivity contribution in [3.63, 3.8) is 0 Å². The highest BCUT2D eigenvalue weighted by Crippen LogP contribution is 2.45. The van der Waals surface area contributed by atoms with Crippen LogP contribution in [-0.4, -0.2) is 64.1 Å². The van der Waals surface area contributed by atoms with Gasteiger partial charge in [0.05, 0.1) is 33.7 Å². The van der Waals surface area contributed by atoms with Gasteiger partial charge in [0.25, 0.3) is 40.5 Å². The van der Waals surface area contributed by atoms with Crippen LogP contribution in [-0.2, 0) is 40.5 Å². The molecule has 0 saturated carbocycles. The van der Waals surface area contributed by atoms with Crippen molar-refractivity contribution in [2.24, 2.45) is 20.5 Å². The van der Waals surface area contributed by atoms with Crippen molar-refractivity contribution in [1.82, 2.24) is 5.73 Å². The largest absolute Gasteiger partial charge is 0.505 e. The van der Waals surface area contributed by atoms with Crippen LogP contribution < -0.4 is 10.5 Å². The molecule has 0 bridgehead atoms. The molecule has 4 rings (SSSR count). The molecule has 0 spiro atoms. The Morgan fingerprint density at radius 1 is 0.638 bits per heavy atom. The zero-order valence-corrected chi connectivity index (χ0v) is 26.7. The second kappa shape index (κ2) is 12.2. The Kier molecular flexibility index (Phi) is 9.14. The summed E-state index contributed by atoms with van der Waals surface area (Å²) in [7, 11) is -18.6. The van der Waals surface area contributed by atoms with Crippen LogP contribution in [0.15, 0.2) is 88.6 Å². The van der Waals surface area contributed by atoms with Gasteiger partial charge in [-0.3, -0.25) is 18.2 Å². The van der Waals surface area contributed by atoms with Crippen molar-refractivity contribution in [1.29, 1.82) is 0 Å². The van der Waals surface area contributed by atoms with Gasteiger partial charge < -0.3 is 15.6 Å². The van der Waals surface area contributed by atoms with E-state index in [1.165, 1.54) is 26.2 Å². The third kappa shape index (κ3) is 7.52. The number of rotatable bonds is 9. The second-order valence-corrected chi connectivity index (χ2v) is 15.0. The summed E-state index contributed by atoms with van der Waals surface area (Å²) in [6.45, 7) is 1.45. The molecule has 23 heteroatoms. The summed E-state index contributed by atoms with van der Waals surface area (Å²) in [6, 6.07) is 6.64. The highest BCUT2D eigenvalue weighted by molar-refractivity contribution is 7.86. The molecule has 1 radical (unpaired) electrons. The highest BCUT2D eigenvalue weighted by Gasteiger charge is 2.25. The molecule has 19 nitrogen and oxygen atoms in total. The van der Waals surface area contributed by atoms with Gasteiger partial charge in [-0.25, -0.2) is 0 Å². The lowest BCUT2D eigenvalue weighted by Crippen LogP contribution is -2.02. The van der Waals surface area contributed by atoms with Crippen LogP contribution in [0, 0.1) is 6.92 Å². The molecule has 0 heterocycles. The average Bonchev–Trinajstić information content (AvgIpc) is 2.93. The van der Waals surface area contributed by atoms with Gasteiger partial charge in [0.2, 0.25) is 0 Å². The van der Waals surface area contributed by atoms with E-state index < -0.39 is 88.3 Å². The smallest absolute Gasteiger partial charge is 0.296 e. The Morgan fingerprint density at radius 2 is 1.21 bits per heavy atom. The molecular formula is C24H20N5O14S4. The fourth-order valence-corrected chi connectivity index (χ4v) is 6.38. The van der Waals surface area contributed by atoms with Gasteiger partial charge in [-0.05, 0) is 60.3 Å². The number of methoxy groups -OCH3 is 1. The topological polar surface area (TPSA) is 320 Å². The van der Waals surface area contributed by atoms with Gasteiger partial charge in [0, 0.05) is 6.07 Å². The molecule has 0 aliphatic rings. The SMILES string of the molecule is COc1cc(/N=N/c2cc(S(=O)(=O)O)ccc2S(=O)(=O)O)c(C)cc1/N=N/c1c(S(=O)(=O)O)cc2cc(S(=O)(=O)O)cc([NH])c2c1O. The molecule has 0 fully saturated rings. The molecule has 0 aliphatic carbocycles. The van der Waals surface area contributed by atoms with Gasteiger partial charge in [-0.1, -0.05) is 0 Å². The van der Waals surface area contributed by atoms with Crippen LogP contribution in [0.2, 0.25) is 0 Å². The number of ether oxygens (including phenoxy) is 1. The fourth-order valence-electron chi connectivity index (χ4n) is 4.08. The maximum Gasteiger partial charge on any atom is 0.296 e. The lowest BCUT2D eigenvalue weighted by atomic mass is 10.1.